The number of para-hydroxylation sites is 1. The molecule has 1 aliphatic heterocycles. The fourth-order valence-corrected chi connectivity index (χ4v) is 6.59. The van der Waals surface area contributed by atoms with Crippen LogP contribution >= 0.6 is 11.3 Å². The summed E-state index contributed by atoms with van der Waals surface area (Å²) in [5, 5.41) is 3.86. The van der Waals surface area contributed by atoms with Crippen molar-refractivity contribution in [3.05, 3.63) is 45.8 Å². The number of carbonyl (C=O) groups is 3. The Bertz CT molecular complexity index is 1180. The fourth-order valence-electron chi connectivity index (χ4n) is 5.33. The zero-order valence-corrected chi connectivity index (χ0v) is 20.9. The van der Waals surface area contributed by atoms with Crippen molar-refractivity contribution in [2.24, 2.45) is 4.99 Å². The number of ether oxygens (including phenoxy) is 1. The summed E-state index contributed by atoms with van der Waals surface area (Å²) in [6, 6.07) is 7.54. The van der Waals surface area contributed by atoms with Crippen molar-refractivity contribution in [2.75, 3.05) is 18.1 Å². The molecule has 0 spiro atoms. The number of aryl methyl sites for hydroxylation is 1. The van der Waals surface area contributed by atoms with Gasteiger partial charge < -0.3 is 10.1 Å². The van der Waals surface area contributed by atoms with Crippen molar-refractivity contribution in [3.8, 4) is 0 Å². The molecule has 1 saturated carbocycles. The topological polar surface area (TPSA) is 88.1 Å². The third kappa shape index (κ3) is 4.76. The molecule has 0 radical (unpaired) electrons. The molecule has 35 heavy (non-hydrogen) atoms. The second kappa shape index (κ2) is 10.3. The summed E-state index contributed by atoms with van der Waals surface area (Å²) in [4.78, 5) is 46.6. The zero-order valence-electron chi connectivity index (χ0n) is 20.1. The number of nitrogens with zero attached hydrogens (tertiary/aromatic N) is 2. The van der Waals surface area contributed by atoms with Gasteiger partial charge in [-0.05, 0) is 57.1 Å². The maximum absolute atomic E-state index is 13.5. The molecule has 184 valence electrons. The first-order valence-electron chi connectivity index (χ1n) is 12.7. The van der Waals surface area contributed by atoms with Crippen molar-refractivity contribution < 1.29 is 19.1 Å². The second-order valence-corrected chi connectivity index (χ2v) is 10.5. The summed E-state index contributed by atoms with van der Waals surface area (Å²) in [6.45, 7) is 1.82. The monoisotopic (exact) mass is 493 g/mol. The number of rotatable bonds is 6. The highest BCUT2D eigenvalue weighted by molar-refractivity contribution is 7.16. The van der Waals surface area contributed by atoms with E-state index in [-0.39, 0.29) is 36.7 Å². The third-order valence-corrected chi connectivity index (χ3v) is 8.21. The number of fused-ring (bicyclic) bond motifs is 2. The SMILES string of the molecule is CCOC(=O)CN1C(=O)C(=Nc2sc3c(c2C(=O)NC2CCCCC2)CCCC3)c2ccccc21. The Balaban J connectivity index is 1.52. The minimum atomic E-state index is -0.462. The number of esters is 1. The van der Waals surface area contributed by atoms with Crippen LogP contribution in [0, 0.1) is 0 Å². The lowest BCUT2D eigenvalue weighted by Crippen LogP contribution is -2.36. The van der Waals surface area contributed by atoms with Gasteiger partial charge in [0.1, 0.15) is 17.3 Å². The van der Waals surface area contributed by atoms with E-state index in [0.717, 1.165) is 56.9 Å². The number of hydrogen-bond acceptors (Lipinski definition) is 6. The molecule has 1 aromatic carbocycles. The molecular formula is C27H31N3O4S. The Morgan fingerprint density at radius 2 is 1.89 bits per heavy atom. The standard InChI is InChI=1S/C27H31N3O4S/c1-2-34-22(31)16-30-20-14-8-6-12-18(20)24(27(30)33)29-26-23(19-13-7-9-15-21(19)35-26)25(32)28-17-10-4-3-5-11-17/h6,8,12,14,17H,2-5,7,9-11,13,15-16H2,1H3,(H,28,32). The van der Waals surface area contributed by atoms with E-state index in [1.54, 1.807) is 6.92 Å². The molecule has 2 aromatic rings. The van der Waals surface area contributed by atoms with Gasteiger partial charge >= 0.3 is 5.97 Å². The first kappa shape index (κ1) is 23.7. The van der Waals surface area contributed by atoms with E-state index in [1.807, 2.05) is 24.3 Å². The summed E-state index contributed by atoms with van der Waals surface area (Å²) >= 11 is 1.53. The van der Waals surface area contributed by atoms with Crippen molar-refractivity contribution >= 4 is 45.5 Å². The highest BCUT2D eigenvalue weighted by Crippen LogP contribution is 2.41. The largest absolute Gasteiger partial charge is 0.465 e. The molecule has 3 aliphatic rings. The average Bonchev–Trinajstić information content (AvgIpc) is 3.36. The molecule has 1 fully saturated rings. The number of aliphatic imine (C=N–C) groups is 1. The summed E-state index contributed by atoms with van der Waals surface area (Å²) in [5.74, 6) is -0.877. The van der Waals surface area contributed by atoms with Gasteiger partial charge in [0.25, 0.3) is 11.8 Å². The Morgan fingerprint density at radius 1 is 1.11 bits per heavy atom. The number of thiophene rings is 1. The molecule has 2 aliphatic carbocycles. The van der Waals surface area contributed by atoms with E-state index >= 15 is 0 Å². The lowest BCUT2D eigenvalue weighted by Gasteiger charge is -2.23. The van der Waals surface area contributed by atoms with Gasteiger partial charge in [-0.25, -0.2) is 4.99 Å². The van der Waals surface area contributed by atoms with E-state index in [2.05, 4.69) is 5.32 Å². The van der Waals surface area contributed by atoms with Crippen LogP contribution in [0.4, 0.5) is 10.7 Å². The lowest BCUT2D eigenvalue weighted by molar-refractivity contribution is -0.142. The van der Waals surface area contributed by atoms with E-state index in [1.165, 1.54) is 27.5 Å². The van der Waals surface area contributed by atoms with Gasteiger partial charge in [0.05, 0.1) is 17.9 Å². The van der Waals surface area contributed by atoms with Crippen LogP contribution in [0.3, 0.4) is 0 Å². The highest BCUT2D eigenvalue weighted by Gasteiger charge is 2.36. The Morgan fingerprint density at radius 3 is 2.69 bits per heavy atom. The summed E-state index contributed by atoms with van der Waals surface area (Å²) in [5.41, 5.74) is 3.31. The number of carbonyl (C=O) groups excluding carboxylic acids is 3. The summed E-state index contributed by atoms with van der Waals surface area (Å²) in [7, 11) is 0. The summed E-state index contributed by atoms with van der Waals surface area (Å²) < 4.78 is 5.07. The fraction of sp³-hybridized carbons (Fsp3) is 0.481. The Kier molecular flexibility index (Phi) is 7.00. The number of hydrogen-bond donors (Lipinski definition) is 1. The number of nitrogens with one attached hydrogen (secondary N) is 1. The lowest BCUT2D eigenvalue weighted by atomic mass is 9.93. The first-order chi connectivity index (χ1) is 17.1. The van der Waals surface area contributed by atoms with Crippen molar-refractivity contribution in [1.29, 1.82) is 0 Å². The van der Waals surface area contributed by atoms with Gasteiger partial charge in [0.2, 0.25) is 0 Å². The van der Waals surface area contributed by atoms with Crippen LogP contribution in [0.15, 0.2) is 29.3 Å². The van der Waals surface area contributed by atoms with Crippen molar-refractivity contribution in [1.82, 2.24) is 5.32 Å². The average molecular weight is 494 g/mol. The maximum atomic E-state index is 13.5. The molecule has 7 nitrogen and oxygen atoms in total. The normalized spacial score (nSPS) is 18.9. The molecule has 0 atom stereocenters. The highest BCUT2D eigenvalue weighted by atomic mass is 32.1. The maximum Gasteiger partial charge on any atom is 0.326 e. The van der Waals surface area contributed by atoms with E-state index in [0.29, 0.717) is 21.8 Å². The molecule has 1 aromatic heterocycles. The van der Waals surface area contributed by atoms with Gasteiger partial charge in [0, 0.05) is 16.5 Å². The van der Waals surface area contributed by atoms with Crippen LogP contribution in [0.2, 0.25) is 0 Å². The van der Waals surface area contributed by atoms with E-state index in [9.17, 15) is 14.4 Å². The molecule has 5 rings (SSSR count). The summed E-state index contributed by atoms with van der Waals surface area (Å²) in [6.07, 6.45) is 9.49. The van der Waals surface area contributed by atoms with E-state index < -0.39 is 5.97 Å². The third-order valence-electron chi connectivity index (χ3n) is 7.02. The van der Waals surface area contributed by atoms with Crippen molar-refractivity contribution in [2.45, 2.75) is 70.8 Å². The Hall–Kier alpha value is -3.00. The second-order valence-electron chi connectivity index (χ2n) is 9.37. The molecular weight excluding hydrogens is 462 g/mol. The van der Waals surface area contributed by atoms with Crippen LogP contribution in [-0.4, -0.2) is 42.7 Å². The molecule has 0 bridgehead atoms. The van der Waals surface area contributed by atoms with Gasteiger partial charge in [-0.15, -0.1) is 11.3 Å². The molecule has 8 heteroatoms. The molecule has 2 amide bonds. The van der Waals surface area contributed by atoms with Crippen LogP contribution in [0.25, 0.3) is 0 Å². The molecule has 2 heterocycles. The smallest absolute Gasteiger partial charge is 0.326 e. The first-order valence-corrected chi connectivity index (χ1v) is 13.5. The predicted molar refractivity (Wildman–Crippen MR) is 137 cm³/mol. The number of benzene rings is 1. The van der Waals surface area contributed by atoms with Crippen LogP contribution < -0.4 is 10.2 Å². The van der Waals surface area contributed by atoms with Crippen molar-refractivity contribution in [3.63, 3.8) is 0 Å². The minimum absolute atomic E-state index is 0.0715. The Labute approximate surface area is 209 Å². The molecule has 1 N–H and O–H groups in total. The van der Waals surface area contributed by atoms with Crippen LogP contribution in [0.5, 0.6) is 0 Å². The van der Waals surface area contributed by atoms with Gasteiger partial charge in [-0.1, -0.05) is 37.5 Å². The zero-order chi connectivity index (χ0) is 24.4. The molecule has 0 unspecified atom stereocenters. The van der Waals surface area contributed by atoms with Crippen LogP contribution in [-0.2, 0) is 27.2 Å². The number of anilines is 1. The predicted octanol–water partition coefficient (Wildman–Crippen LogP) is 4.72. The van der Waals surface area contributed by atoms with E-state index in [4.69, 9.17) is 9.73 Å². The van der Waals surface area contributed by atoms with Crippen LogP contribution in [0.1, 0.15) is 78.2 Å². The minimum Gasteiger partial charge on any atom is -0.465 e. The quantitative estimate of drug-likeness (QED) is 0.590. The van der Waals surface area contributed by atoms with Gasteiger partial charge in [-0.2, -0.15) is 0 Å². The van der Waals surface area contributed by atoms with Gasteiger partial charge in [0.15, 0.2) is 0 Å². The molecule has 0 saturated heterocycles. The van der Waals surface area contributed by atoms with Gasteiger partial charge in [-0.3, -0.25) is 19.3 Å². The number of amides is 2.